The summed E-state index contributed by atoms with van der Waals surface area (Å²) in [6, 6.07) is 8.01. The van der Waals surface area contributed by atoms with Crippen molar-refractivity contribution in [3.05, 3.63) is 53.5 Å². The number of ether oxygens (including phenoxy) is 1. The molecule has 3 N–H and O–H groups in total. The van der Waals surface area contributed by atoms with Gasteiger partial charge in [-0.15, -0.1) is 0 Å². The average Bonchev–Trinajstić information content (AvgIpc) is 3.15. The average molecular weight is 398 g/mol. The molecular weight excluding hydrogens is 375 g/mol. The summed E-state index contributed by atoms with van der Waals surface area (Å²) in [6.45, 7) is 1.69. The molecule has 0 radical (unpaired) electrons. The fourth-order valence-corrected chi connectivity index (χ4v) is 3.89. The minimum Gasteiger partial charge on any atom is -0.480 e. The number of hydrogen-bond acceptors (Lipinski definition) is 5. The lowest BCUT2D eigenvalue weighted by Crippen LogP contribution is -2.40. The van der Waals surface area contributed by atoms with Gasteiger partial charge in [-0.1, -0.05) is 6.07 Å². The predicted octanol–water partition coefficient (Wildman–Crippen LogP) is 1.54. The molecule has 2 aliphatic heterocycles. The largest absolute Gasteiger partial charge is 0.480 e. The van der Waals surface area contributed by atoms with Crippen LogP contribution in [0.2, 0.25) is 0 Å². The van der Waals surface area contributed by atoms with Crippen LogP contribution in [0.3, 0.4) is 0 Å². The normalized spacial score (nSPS) is 18.8. The maximum atomic E-state index is 13.4. The monoisotopic (exact) mass is 398 g/mol. The number of piperidine rings is 1. The van der Waals surface area contributed by atoms with Gasteiger partial charge in [-0.05, 0) is 37.1 Å². The summed E-state index contributed by atoms with van der Waals surface area (Å²) in [7, 11) is 0. The molecule has 2 aromatic rings. The molecule has 1 unspecified atom stereocenters. The first-order chi connectivity index (χ1) is 14.0. The summed E-state index contributed by atoms with van der Waals surface area (Å²) in [4.78, 5) is 30.5. The number of benzene rings is 1. The van der Waals surface area contributed by atoms with Crippen LogP contribution in [0.5, 0.6) is 5.75 Å². The Balaban J connectivity index is 1.37. The molecule has 29 heavy (non-hydrogen) atoms. The van der Waals surface area contributed by atoms with Crippen LogP contribution in [-0.2, 0) is 22.6 Å². The maximum absolute atomic E-state index is 13.4. The molecule has 0 aliphatic carbocycles. The molecule has 1 aromatic heterocycles. The van der Waals surface area contributed by atoms with Gasteiger partial charge in [0.05, 0.1) is 0 Å². The van der Waals surface area contributed by atoms with Gasteiger partial charge in [-0.25, -0.2) is 9.37 Å². The van der Waals surface area contributed by atoms with E-state index < -0.39 is 6.10 Å². The Bertz CT molecular complexity index is 928. The zero-order chi connectivity index (χ0) is 20.4. The summed E-state index contributed by atoms with van der Waals surface area (Å²) >= 11 is 0. The first kappa shape index (κ1) is 19.2. The van der Waals surface area contributed by atoms with Crippen LogP contribution in [0.15, 0.2) is 36.5 Å². The first-order valence-electron chi connectivity index (χ1n) is 9.72. The van der Waals surface area contributed by atoms with Gasteiger partial charge < -0.3 is 20.7 Å². The van der Waals surface area contributed by atoms with Gasteiger partial charge in [-0.3, -0.25) is 9.59 Å². The number of amides is 2. The van der Waals surface area contributed by atoms with Gasteiger partial charge in [0.1, 0.15) is 17.4 Å². The molecule has 0 saturated carbocycles. The van der Waals surface area contributed by atoms with E-state index in [1.165, 1.54) is 12.1 Å². The van der Waals surface area contributed by atoms with E-state index in [2.05, 4.69) is 15.2 Å². The van der Waals surface area contributed by atoms with E-state index in [0.29, 0.717) is 50.2 Å². The van der Waals surface area contributed by atoms with Gasteiger partial charge >= 0.3 is 0 Å². The molecule has 0 spiro atoms. The number of anilines is 1. The summed E-state index contributed by atoms with van der Waals surface area (Å²) in [5.41, 5.74) is 7.00. The third kappa shape index (κ3) is 4.16. The molecule has 152 valence electrons. The van der Waals surface area contributed by atoms with Crippen molar-refractivity contribution >= 4 is 17.6 Å². The highest BCUT2D eigenvalue weighted by Gasteiger charge is 2.30. The molecule has 1 aromatic carbocycles. The molecule has 4 rings (SSSR count). The third-order valence-electron chi connectivity index (χ3n) is 5.51. The molecule has 3 heterocycles. The second kappa shape index (κ2) is 8.06. The van der Waals surface area contributed by atoms with Crippen LogP contribution in [0.1, 0.15) is 24.0 Å². The van der Waals surface area contributed by atoms with Crippen LogP contribution in [0.25, 0.3) is 0 Å². The lowest BCUT2D eigenvalue weighted by atomic mass is 9.96. The number of aromatic nitrogens is 1. The highest BCUT2D eigenvalue weighted by atomic mass is 19.1. The molecule has 2 amide bonds. The molecule has 2 aliphatic rings. The fraction of sp³-hybridized carbons (Fsp3) is 0.381. The first-order valence-corrected chi connectivity index (χ1v) is 9.72. The van der Waals surface area contributed by atoms with Crippen LogP contribution in [0, 0.1) is 11.7 Å². The fourth-order valence-electron chi connectivity index (χ4n) is 3.89. The minimum atomic E-state index is -0.668. The molecule has 1 fully saturated rings. The Kier molecular flexibility index (Phi) is 5.33. The lowest BCUT2D eigenvalue weighted by molar-refractivity contribution is -0.127. The Morgan fingerprint density at radius 1 is 1.28 bits per heavy atom. The highest BCUT2D eigenvalue weighted by molar-refractivity contribution is 5.82. The highest BCUT2D eigenvalue weighted by Crippen LogP contribution is 2.29. The molecular formula is C21H23FN4O3. The van der Waals surface area contributed by atoms with Crippen molar-refractivity contribution in [2.75, 3.05) is 18.0 Å². The molecule has 8 heteroatoms. The Morgan fingerprint density at radius 2 is 2.07 bits per heavy atom. The number of carbonyl (C=O) groups excluding carboxylic acids is 2. The van der Waals surface area contributed by atoms with Crippen molar-refractivity contribution in [3.63, 3.8) is 0 Å². The number of carbonyl (C=O) groups is 2. The van der Waals surface area contributed by atoms with Crippen molar-refractivity contribution in [2.24, 2.45) is 11.7 Å². The number of nitrogens with zero attached hydrogens (tertiary/aromatic N) is 2. The van der Waals surface area contributed by atoms with E-state index >= 15 is 0 Å². The smallest absolute Gasteiger partial charge is 0.261 e. The lowest BCUT2D eigenvalue weighted by Gasteiger charge is -2.32. The van der Waals surface area contributed by atoms with E-state index in [0.717, 1.165) is 11.4 Å². The van der Waals surface area contributed by atoms with Crippen molar-refractivity contribution < 1.29 is 18.7 Å². The van der Waals surface area contributed by atoms with Crippen LogP contribution in [0.4, 0.5) is 10.2 Å². The topological polar surface area (TPSA) is 97.5 Å². The van der Waals surface area contributed by atoms with Crippen LogP contribution >= 0.6 is 0 Å². The minimum absolute atomic E-state index is 0.0934. The van der Waals surface area contributed by atoms with Crippen molar-refractivity contribution in [3.8, 4) is 5.75 Å². The number of nitrogens with one attached hydrogen (secondary N) is 1. The van der Waals surface area contributed by atoms with E-state index in [1.807, 2.05) is 12.1 Å². The van der Waals surface area contributed by atoms with Gasteiger partial charge in [0, 0.05) is 49.3 Å². The second-order valence-corrected chi connectivity index (χ2v) is 7.43. The second-order valence-electron chi connectivity index (χ2n) is 7.43. The Labute approximate surface area is 168 Å². The summed E-state index contributed by atoms with van der Waals surface area (Å²) in [5, 5.41) is 2.90. The summed E-state index contributed by atoms with van der Waals surface area (Å²) in [6.07, 6.45) is 2.79. The van der Waals surface area contributed by atoms with Crippen molar-refractivity contribution in [1.29, 1.82) is 0 Å². The Morgan fingerprint density at radius 3 is 2.83 bits per heavy atom. The SMILES string of the molecule is NC(=O)C1CCN(c2ncccc2CNC(=O)C2Cc3cc(F)ccc3O2)CC1. The third-order valence-corrected chi connectivity index (χ3v) is 5.51. The number of pyridine rings is 1. The standard InChI is InChI=1S/C21H23FN4O3/c22-16-3-4-17-15(10-16)11-18(29-17)21(28)25-12-14-2-1-7-24-20(14)26-8-5-13(6-9-26)19(23)27/h1-4,7,10,13,18H,5-6,8-9,11-12H2,(H2,23,27)(H,25,28). The van der Waals surface area contributed by atoms with E-state index in [1.54, 1.807) is 12.3 Å². The summed E-state index contributed by atoms with van der Waals surface area (Å²) < 4.78 is 19.0. The Hall–Kier alpha value is -3.16. The number of rotatable bonds is 5. The van der Waals surface area contributed by atoms with Crippen LogP contribution < -0.4 is 20.7 Å². The number of primary amides is 1. The number of hydrogen-bond donors (Lipinski definition) is 2. The van der Waals surface area contributed by atoms with Gasteiger partial charge in [0.2, 0.25) is 5.91 Å². The zero-order valence-electron chi connectivity index (χ0n) is 15.9. The number of nitrogens with two attached hydrogens (primary N) is 1. The quantitative estimate of drug-likeness (QED) is 0.796. The maximum Gasteiger partial charge on any atom is 0.261 e. The van der Waals surface area contributed by atoms with Gasteiger partial charge in [0.25, 0.3) is 5.91 Å². The molecule has 0 bridgehead atoms. The van der Waals surface area contributed by atoms with E-state index in [9.17, 15) is 14.0 Å². The number of fused-ring (bicyclic) bond motifs is 1. The van der Waals surface area contributed by atoms with E-state index in [4.69, 9.17) is 10.5 Å². The van der Waals surface area contributed by atoms with Gasteiger partial charge in [-0.2, -0.15) is 0 Å². The van der Waals surface area contributed by atoms with Crippen molar-refractivity contribution in [2.45, 2.75) is 31.9 Å². The van der Waals surface area contributed by atoms with Crippen LogP contribution in [-0.4, -0.2) is 36.0 Å². The predicted molar refractivity (Wildman–Crippen MR) is 105 cm³/mol. The summed E-state index contributed by atoms with van der Waals surface area (Å²) in [5.74, 6) is 0.413. The zero-order valence-corrected chi connectivity index (χ0v) is 15.9. The molecule has 7 nitrogen and oxygen atoms in total. The molecule has 1 saturated heterocycles. The van der Waals surface area contributed by atoms with E-state index in [-0.39, 0.29) is 23.5 Å². The molecule has 1 atom stereocenters. The van der Waals surface area contributed by atoms with Gasteiger partial charge in [0.15, 0.2) is 6.10 Å². The number of halogens is 1. The van der Waals surface area contributed by atoms with Crippen molar-refractivity contribution in [1.82, 2.24) is 10.3 Å².